The molecule has 1 aromatic carbocycles. The molecule has 1 aliphatic heterocycles. The zero-order valence-corrected chi connectivity index (χ0v) is 25.0. The lowest BCUT2D eigenvalue weighted by Crippen LogP contribution is -2.47. The van der Waals surface area contributed by atoms with E-state index >= 15 is 8.78 Å². The van der Waals surface area contributed by atoms with Gasteiger partial charge in [0.05, 0.1) is 12.4 Å². The van der Waals surface area contributed by atoms with Crippen molar-refractivity contribution in [2.45, 2.75) is 77.5 Å². The lowest BCUT2D eigenvalue weighted by atomic mass is 9.97. The summed E-state index contributed by atoms with van der Waals surface area (Å²) in [5.41, 5.74) is -2.30. The number of hydrogen-bond donors (Lipinski definition) is 3. The Bertz CT molecular complexity index is 1460. The van der Waals surface area contributed by atoms with E-state index < -0.39 is 56.3 Å². The molecule has 0 bridgehead atoms. The number of aliphatic hydroxyl groups excluding tert-OH is 1. The van der Waals surface area contributed by atoms with Crippen LogP contribution in [-0.4, -0.2) is 73.5 Å². The second-order valence-corrected chi connectivity index (χ2v) is 12.0. The SMILES string of the molecule is CCNc1nc(C)nc2c1ncn2[C@@H]1O[C@](F)(CO[P@](=O)(N[C@@H](C)C(=O)OC(C)C)Oc2ccccc2)[C@@H](O)[C@@]1(C)F. The highest BCUT2D eigenvalue weighted by molar-refractivity contribution is 7.52. The predicted octanol–water partition coefficient (Wildman–Crippen LogP) is 3.98. The number of aliphatic hydroxyl groups is 1. The van der Waals surface area contributed by atoms with Crippen molar-refractivity contribution in [3.8, 4) is 5.75 Å². The highest BCUT2D eigenvalue weighted by atomic mass is 31.2. The molecule has 0 saturated carbocycles. The van der Waals surface area contributed by atoms with Crippen LogP contribution in [0.4, 0.5) is 14.6 Å². The van der Waals surface area contributed by atoms with Crippen molar-refractivity contribution < 1.29 is 41.8 Å². The van der Waals surface area contributed by atoms with Crippen LogP contribution in [0.25, 0.3) is 11.2 Å². The highest BCUT2D eigenvalue weighted by Crippen LogP contribution is 2.52. The largest absolute Gasteiger partial charge is 0.462 e. The Morgan fingerprint density at radius 2 is 1.93 bits per heavy atom. The number of ether oxygens (including phenoxy) is 2. The van der Waals surface area contributed by atoms with E-state index in [9.17, 15) is 14.5 Å². The van der Waals surface area contributed by atoms with Crippen molar-refractivity contribution in [3.63, 3.8) is 0 Å². The van der Waals surface area contributed by atoms with E-state index in [0.29, 0.717) is 18.2 Å². The normalized spacial score (nSPS) is 26.2. The number of aromatic nitrogens is 4. The van der Waals surface area contributed by atoms with Crippen LogP contribution in [0.2, 0.25) is 0 Å². The summed E-state index contributed by atoms with van der Waals surface area (Å²) >= 11 is 0. The monoisotopic (exact) mass is 612 g/mol. The molecule has 6 atom stereocenters. The van der Waals surface area contributed by atoms with E-state index in [0.717, 1.165) is 11.5 Å². The molecule has 3 heterocycles. The summed E-state index contributed by atoms with van der Waals surface area (Å²) < 4.78 is 68.7. The first-order valence-electron chi connectivity index (χ1n) is 13.4. The first-order valence-corrected chi connectivity index (χ1v) is 14.9. The van der Waals surface area contributed by atoms with E-state index in [1.165, 1.54) is 25.4 Å². The molecule has 3 N–H and O–H groups in total. The smallest absolute Gasteiger partial charge is 0.459 e. The number of esters is 1. The van der Waals surface area contributed by atoms with Crippen LogP contribution in [0.1, 0.15) is 46.7 Å². The Kier molecular flexibility index (Phi) is 9.19. The topological polar surface area (TPSA) is 159 Å². The molecule has 0 aliphatic carbocycles. The van der Waals surface area contributed by atoms with Crippen LogP contribution >= 0.6 is 7.75 Å². The Morgan fingerprint density at radius 3 is 2.57 bits per heavy atom. The fourth-order valence-electron chi connectivity index (χ4n) is 4.36. The lowest BCUT2D eigenvalue weighted by molar-refractivity contribution is -0.202. The summed E-state index contributed by atoms with van der Waals surface area (Å²) in [4.78, 5) is 25.2. The van der Waals surface area contributed by atoms with Gasteiger partial charge in [-0.25, -0.2) is 28.3 Å². The van der Waals surface area contributed by atoms with E-state index in [2.05, 4.69) is 25.4 Å². The summed E-state index contributed by atoms with van der Waals surface area (Å²) in [6.07, 6.45) is -3.42. The van der Waals surface area contributed by atoms with Gasteiger partial charge in [-0.2, -0.15) is 5.09 Å². The van der Waals surface area contributed by atoms with Crippen molar-refractivity contribution in [1.82, 2.24) is 24.6 Å². The van der Waals surface area contributed by atoms with Gasteiger partial charge in [-0.1, -0.05) is 18.2 Å². The van der Waals surface area contributed by atoms with Crippen molar-refractivity contribution in [2.24, 2.45) is 0 Å². The number of carbonyl (C=O) groups is 1. The van der Waals surface area contributed by atoms with Gasteiger partial charge < -0.3 is 24.4 Å². The number of aryl methyl sites for hydroxylation is 1. The van der Waals surface area contributed by atoms with Gasteiger partial charge in [-0.05, 0) is 53.7 Å². The van der Waals surface area contributed by atoms with Gasteiger partial charge in [0.25, 0.3) is 5.85 Å². The van der Waals surface area contributed by atoms with Gasteiger partial charge >= 0.3 is 13.7 Å². The molecule has 0 spiro atoms. The van der Waals surface area contributed by atoms with Gasteiger partial charge in [0.15, 0.2) is 35.0 Å². The van der Waals surface area contributed by atoms with E-state index in [-0.39, 0.29) is 16.9 Å². The fourth-order valence-corrected chi connectivity index (χ4v) is 5.86. The van der Waals surface area contributed by atoms with Gasteiger partial charge in [0.2, 0.25) is 0 Å². The fraction of sp³-hybridized carbons (Fsp3) is 0.538. The number of hydrogen-bond acceptors (Lipinski definition) is 11. The number of benzene rings is 1. The van der Waals surface area contributed by atoms with E-state index in [1.54, 1.807) is 39.0 Å². The average Bonchev–Trinajstić information content (AvgIpc) is 3.40. The molecule has 0 radical (unpaired) electrons. The van der Waals surface area contributed by atoms with Crippen molar-refractivity contribution in [3.05, 3.63) is 42.5 Å². The number of fused-ring (bicyclic) bond motifs is 1. The van der Waals surface area contributed by atoms with Crippen LogP contribution in [0.15, 0.2) is 36.7 Å². The molecule has 3 aromatic rings. The molecule has 1 saturated heterocycles. The lowest BCUT2D eigenvalue weighted by Gasteiger charge is -2.28. The maximum Gasteiger partial charge on any atom is 0.459 e. The third-order valence-corrected chi connectivity index (χ3v) is 7.94. The summed E-state index contributed by atoms with van der Waals surface area (Å²) in [7, 11) is -4.55. The van der Waals surface area contributed by atoms with Gasteiger partial charge in [0, 0.05) is 6.54 Å². The minimum absolute atomic E-state index is 0.0724. The predicted molar refractivity (Wildman–Crippen MR) is 148 cm³/mol. The molecule has 1 aliphatic rings. The standard InChI is InChI=1S/C26H35F2N6O7P/c1-7-29-20-19-21(32-17(5)31-20)34(14-30-19)24-25(6,27)23(36)26(28,40-24)13-38-42(37,41-18-11-9-8-10-12-18)33-16(4)22(35)39-15(2)3/h8-12,14-16,23-24,36H,7,13H2,1-6H3,(H,33,37)(H,29,31,32)/t16-,23-,24+,25+,26+,42+/m0/s1. The molecular weight excluding hydrogens is 577 g/mol. The molecule has 42 heavy (non-hydrogen) atoms. The Labute approximate surface area is 241 Å². The second-order valence-electron chi connectivity index (χ2n) is 10.3. The van der Waals surface area contributed by atoms with Gasteiger partial charge in [-0.15, -0.1) is 0 Å². The number of imidazole rings is 1. The zero-order valence-electron chi connectivity index (χ0n) is 24.1. The molecule has 0 amide bonds. The molecule has 1 fully saturated rings. The number of rotatable bonds is 12. The first kappa shape index (κ1) is 31.7. The molecule has 13 nitrogen and oxygen atoms in total. The summed E-state index contributed by atoms with van der Waals surface area (Å²) in [5, 5.41) is 16.3. The third-order valence-electron chi connectivity index (χ3n) is 6.32. The number of alkyl halides is 2. The number of nitrogens with one attached hydrogen (secondary N) is 2. The number of para-hydroxylation sites is 1. The minimum atomic E-state index is -4.55. The maximum absolute atomic E-state index is 16.2. The average molecular weight is 613 g/mol. The summed E-state index contributed by atoms with van der Waals surface area (Å²) in [5.74, 6) is -3.18. The quantitative estimate of drug-likeness (QED) is 0.200. The Hall–Kier alpha value is -3.23. The minimum Gasteiger partial charge on any atom is -0.462 e. The van der Waals surface area contributed by atoms with Crippen LogP contribution < -0.4 is 14.9 Å². The molecule has 230 valence electrons. The first-order chi connectivity index (χ1) is 19.7. The molecular formula is C26H35F2N6O7P. The molecule has 4 rings (SSSR count). The third kappa shape index (κ3) is 6.55. The zero-order chi connectivity index (χ0) is 30.9. The number of carbonyl (C=O) groups excluding carboxylic acids is 1. The second kappa shape index (κ2) is 12.2. The van der Waals surface area contributed by atoms with Crippen LogP contribution in [0.5, 0.6) is 5.75 Å². The van der Waals surface area contributed by atoms with Crippen LogP contribution in [0.3, 0.4) is 0 Å². The van der Waals surface area contributed by atoms with Crippen molar-refractivity contribution in [1.29, 1.82) is 0 Å². The van der Waals surface area contributed by atoms with Crippen LogP contribution in [0, 0.1) is 6.92 Å². The summed E-state index contributed by atoms with van der Waals surface area (Å²) in [6, 6.07) is 6.59. The maximum atomic E-state index is 16.2. The Balaban J connectivity index is 1.61. The van der Waals surface area contributed by atoms with Crippen molar-refractivity contribution in [2.75, 3.05) is 18.5 Å². The molecule has 2 aromatic heterocycles. The van der Waals surface area contributed by atoms with E-state index in [1.807, 2.05) is 6.92 Å². The van der Waals surface area contributed by atoms with Crippen molar-refractivity contribution >= 4 is 30.7 Å². The summed E-state index contributed by atoms with van der Waals surface area (Å²) in [6.45, 7) is 8.34. The van der Waals surface area contributed by atoms with E-state index in [4.69, 9.17) is 18.5 Å². The number of anilines is 1. The Morgan fingerprint density at radius 1 is 1.24 bits per heavy atom. The number of nitrogens with zero attached hydrogens (tertiary/aromatic N) is 4. The molecule has 16 heteroatoms. The number of halogens is 2. The van der Waals surface area contributed by atoms with Crippen LogP contribution in [-0.2, 0) is 23.4 Å². The molecule has 0 unspecified atom stereocenters. The highest BCUT2D eigenvalue weighted by Gasteiger charge is 2.65. The van der Waals surface area contributed by atoms with Gasteiger partial charge in [0.1, 0.15) is 24.2 Å². The van der Waals surface area contributed by atoms with Gasteiger partial charge in [-0.3, -0.25) is 13.9 Å².